The average Bonchev–Trinajstić information content (AvgIpc) is 3.15. The fourth-order valence-corrected chi connectivity index (χ4v) is 3.14. The quantitative estimate of drug-likeness (QED) is 0.547. The zero-order chi connectivity index (χ0) is 17.9. The number of hydrogen-bond donors (Lipinski definition) is 2. The molecule has 4 rings (SSSR count). The van der Waals surface area contributed by atoms with Gasteiger partial charge in [-0.05, 0) is 42.0 Å². The number of pyridine rings is 1. The summed E-state index contributed by atoms with van der Waals surface area (Å²) in [5.41, 5.74) is 4.48. The number of benzene rings is 2. The molecule has 0 radical (unpaired) electrons. The lowest BCUT2D eigenvalue weighted by atomic mass is 10.1. The molecule has 0 bridgehead atoms. The number of aromatic amines is 1. The van der Waals surface area contributed by atoms with Crippen LogP contribution in [0, 0.1) is 0 Å². The highest BCUT2D eigenvalue weighted by atomic mass is 35.5. The van der Waals surface area contributed by atoms with E-state index in [4.69, 9.17) is 11.6 Å². The van der Waals surface area contributed by atoms with Gasteiger partial charge in [-0.1, -0.05) is 35.9 Å². The van der Waals surface area contributed by atoms with Crippen molar-refractivity contribution in [2.75, 3.05) is 0 Å². The minimum absolute atomic E-state index is 0.121. The second-order valence-electron chi connectivity index (χ2n) is 5.99. The molecular formula is C21H16ClN3O. The molecule has 5 heteroatoms. The maximum Gasteiger partial charge on any atom is 0.251 e. The SMILES string of the molecule is O=C(NCc1cccc(Cl)c1)c1ccc(-c2nccc3[nH]ccc23)cc1. The molecule has 2 aromatic heterocycles. The number of nitrogens with one attached hydrogen (secondary N) is 2. The molecule has 0 spiro atoms. The van der Waals surface area contributed by atoms with E-state index >= 15 is 0 Å². The van der Waals surface area contributed by atoms with Crippen molar-refractivity contribution in [2.24, 2.45) is 0 Å². The van der Waals surface area contributed by atoms with Crippen molar-refractivity contribution >= 4 is 28.4 Å². The maximum absolute atomic E-state index is 12.4. The first kappa shape index (κ1) is 16.4. The molecule has 0 aliphatic rings. The van der Waals surface area contributed by atoms with Crippen LogP contribution in [0.5, 0.6) is 0 Å². The van der Waals surface area contributed by atoms with Crippen LogP contribution in [0.2, 0.25) is 5.02 Å². The summed E-state index contributed by atoms with van der Waals surface area (Å²) in [6.45, 7) is 0.436. The Labute approximate surface area is 155 Å². The summed E-state index contributed by atoms with van der Waals surface area (Å²) in [7, 11) is 0. The lowest BCUT2D eigenvalue weighted by molar-refractivity contribution is 0.0951. The normalized spacial score (nSPS) is 10.8. The molecule has 0 aliphatic carbocycles. The van der Waals surface area contributed by atoms with E-state index < -0.39 is 0 Å². The van der Waals surface area contributed by atoms with Gasteiger partial charge in [-0.3, -0.25) is 9.78 Å². The van der Waals surface area contributed by atoms with Gasteiger partial charge in [0, 0.05) is 46.0 Å². The number of rotatable bonds is 4. The fourth-order valence-electron chi connectivity index (χ4n) is 2.92. The molecular weight excluding hydrogens is 346 g/mol. The Morgan fingerprint density at radius 3 is 2.73 bits per heavy atom. The number of nitrogens with zero attached hydrogens (tertiary/aromatic N) is 1. The maximum atomic E-state index is 12.4. The van der Waals surface area contributed by atoms with E-state index in [0.717, 1.165) is 27.7 Å². The molecule has 0 atom stereocenters. The zero-order valence-corrected chi connectivity index (χ0v) is 14.6. The van der Waals surface area contributed by atoms with Crippen molar-refractivity contribution in [3.05, 3.63) is 89.2 Å². The molecule has 0 saturated carbocycles. The second kappa shape index (κ2) is 7.02. The highest BCUT2D eigenvalue weighted by molar-refractivity contribution is 6.30. The Morgan fingerprint density at radius 2 is 1.92 bits per heavy atom. The van der Waals surface area contributed by atoms with Gasteiger partial charge in [0.15, 0.2) is 0 Å². The van der Waals surface area contributed by atoms with Crippen LogP contribution in [0.3, 0.4) is 0 Å². The van der Waals surface area contributed by atoms with Crippen molar-refractivity contribution in [2.45, 2.75) is 6.54 Å². The monoisotopic (exact) mass is 361 g/mol. The largest absolute Gasteiger partial charge is 0.361 e. The standard InChI is InChI=1S/C21H16ClN3O/c22-17-3-1-2-14(12-17)13-25-21(26)16-6-4-15(5-7-16)20-18-8-10-23-19(18)9-11-24-20/h1-12,23H,13H2,(H,25,26). The predicted molar refractivity (Wildman–Crippen MR) is 104 cm³/mol. The highest BCUT2D eigenvalue weighted by Gasteiger charge is 2.09. The van der Waals surface area contributed by atoms with Crippen LogP contribution < -0.4 is 5.32 Å². The van der Waals surface area contributed by atoms with Crippen LogP contribution in [-0.4, -0.2) is 15.9 Å². The van der Waals surface area contributed by atoms with Crippen LogP contribution in [0.1, 0.15) is 15.9 Å². The van der Waals surface area contributed by atoms with Crippen molar-refractivity contribution < 1.29 is 4.79 Å². The summed E-state index contributed by atoms with van der Waals surface area (Å²) in [5.74, 6) is -0.121. The van der Waals surface area contributed by atoms with E-state index in [1.165, 1.54) is 0 Å². The van der Waals surface area contributed by atoms with Crippen molar-refractivity contribution in [1.29, 1.82) is 0 Å². The van der Waals surface area contributed by atoms with Gasteiger partial charge in [0.2, 0.25) is 0 Å². The summed E-state index contributed by atoms with van der Waals surface area (Å²) in [6, 6.07) is 18.9. The molecule has 0 aliphatic heterocycles. The fraction of sp³-hybridized carbons (Fsp3) is 0.0476. The third-order valence-corrected chi connectivity index (χ3v) is 4.48. The Balaban J connectivity index is 1.50. The van der Waals surface area contributed by atoms with Crippen LogP contribution in [0.4, 0.5) is 0 Å². The molecule has 4 aromatic rings. The molecule has 0 saturated heterocycles. The predicted octanol–water partition coefficient (Wildman–Crippen LogP) is 4.81. The first-order valence-electron chi connectivity index (χ1n) is 8.26. The summed E-state index contributed by atoms with van der Waals surface area (Å²) in [4.78, 5) is 20.0. The number of aromatic nitrogens is 2. The summed E-state index contributed by atoms with van der Waals surface area (Å²) in [6.07, 6.45) is 3.67. The molecule has 2 heterocycles. The van der Waals surface area contributed by atoms with E-state index in [-0.39, 0.29) is 5.91 Å². The highest BCUT2D eigenvalue weighted by Crippen LogP contribution is 2.26. The van der Waals surface area contributed by atoms with E-state index in [1.54, 1.807) is 6.20 Å². The Morgan fingerprint density at radius 1 is 1.08 bits per heavy atom. The van der Waals surface area contributed by atoms with Crippen molar-refractivity contribution in [3.63, 3.8) is 0 Å². The summed E-state index contributed by atoms with van der Waals surface area (Å²) in [5, 5.41) is 4.63. The molecule has 2 N–H and O–H groups in total. The van der Waals surface area contributed by atoms with E-state index in [1.807, 2.05) is 66.9 Å². The second-order valence-corrected chi connectivity index (χ2v) is 6.42. The molecule has 0 unspecified atom stereocenters. The molecule has 2 aromatic carbocycles. The van der Waals surface area contributed by atoms with Crippen molar-refractivity contribution in [1.82, 2.24) is 15.3 Å². The number of halogens is 1. The topological polar surface area (TPSA) is 57.8 Å². The average molecular weight is 362 g/mol. The smallest absolute Gasteiger partial charge is 0.251 e. The Bertz CT molecular complexity index is 1070. The van der Waals surface area contributed by atoms with Gasteiger partial charge in [-0.15, -0.1) is 0 Å². The summed E-state index contributed by atoms with van der Waals surface area (Å²) >= 11 is 5.97. The van der Waals surface area contributed by atoms with Gasteiger partial charge in [0.25, 0.3) is 5.91 Å². The number of fused-ring (bicyclic) bond motifs is 1. The molecule has 26 heavy (non-hydrogen) atoms. The minimum Gasteiger partial charge on any atom is -0.361 e. The first-order valence-corrected chi connectivity index (χ1v) is 8.64. The van der Waals surface area contributed by atoms with Gasteiger partial charge in [0.05, 0.1) is 5.69 Å². The molecule has 4 nitrogen and oxygen atoms in total. The van der Waals surface area contributed by atoms with Crippen LogP contribution >= 0.6 is 11.6 Å². The van der Waals surface area contributed by atoms with Gasteiger partial charge < -0.3 is 10.3 Å². The summed E-state index contributed by atoms with van der Waals surface area (Å²) < 4.78 is 0. The van der Waals surface area contributed by atoms with Crippen LogP contribution in [0.25, 0.3) is 22.2 Å². The van der Waals surface area contributed by atoms with Gasteiger partial charge in [-0.2, -0.15) is 0 Å². The van der Waals surface area contributed by atoms with Crippen LogP contribution in [0.15, 0.2) is 73.1 Å². The third-order valence-electron chi connectivity index (χ3n) is 4.24. The lowest BCUT2D eigenvalue weighted by Gasteiger charge is -2.07. The first-order chi connectivity index (χ1) is 12.7. The minimum atomic E-state index is -0.121. The molecule has 128 valence electrons. The lowest BCUT2D eigenvalue weighted by Crippen LogP contribution is -2.22. The molecule has 0 fully saturated rings. The number of carbonyl (C=O) groups is 1. The Hall–Kier alpha value is -3.11. The van der Waals surface area contributed by atoms with E-state index in [2.05, 4.69) is 15.3 Å². The third kappa shape index (κ3) is 3.32. The van der Waals surface area contributed by atoms with Gasteiger partial charge in [-0.25, -0.2) is 0 Å². The van der Waals surface area contributed by atoms with E-state index in [0.29, 0.717) is 17.1 Å². The van der Waals surface area contributed by atoms with Gasteiger partial charge in [0.1, 0.15) is 0 Å². The van der Waals surface area contributed by atoms with E-state index in [9.17, 15) is 4.79 Å². The van der Waals surface area contributed by atoms with Crippen LogP contribution in [-0.2, 0) is 6.54 Å². The number of H-pyrrole nitrogens is 1. The Kier molecular flexibility index (Phi) is 4.42. The molecule has 1 amide bonds. The number of amides is 1. The zero-order valence-electron chi connectivity index (χ0n) is 13.9. The number of hydrogen-bond acceptors (Lipinski definition) is 2. The van der Waals surface area contributed by atoms with Crippen molar-refractivity contribution in [3.8, 4) is 11.3 Å². The van der Waals surface area contributed by atoms with Gasteiger partial charge >= 0.3 is 0 Å². The number of carbonyl (C=O) groups excluding carboxylic acids is 1.